The maximum atomic E-state index is 10.6. The Hall–Kier alpha value is -1.62. The van der Waals surface area contributed by atoms with E-state index in [1.54, 1.807) is 11.8 Å². The summed E-state index contributed by atoms with van der Waals surface area (Å²) in [5.74, 6) is -1.48. The molecule has 0 atom stereocenters. The van der Waals surface area contributed by atoms with Crippen LogP contribution in [0.4, 0.5) is 0 Å². The average molecular weight is 188 g/mol. The molecule has 0 saturated heterocycles. The quantitative estimate of drug-likeness (QED) is 0.224. The molecule has 7 nitrogen and oxygen atoms in total. The third-order valence-corrected chi connectivity index (χ3v) is 0.785. The lowest BCUT2D eigenvalue weighted by Crippen LogP contribution is -2.42. The molecule has 0 aliphatic rings. The number of primary amides is 1. The molecule has 0 aromatic rings. The van der Waals surface area contributed by atoms with Gasteiger partial charge in [-0.2, -0.15) is 0 Å². The number of nitrogens with one attached hydrogen (secondary N) is 1. The lowest BCUT2D eigenvalue weighted by Gasteiger charge is -2.12. The van der Waals surface area contributed by atoms with Crippen LogP contribution in [0.2, 0.25) is 0 Å². The smallest absolute Gasteiger partial charge is 0.296 e. The van der Waals surface area contributed by atoms with Gasteiger partial charge in [0.1, 0.15) is 0 Å². The van der Waals surface area contributed by atoms with Crippen LogP contribution < -0.4 is 11.1 Å². The van der Waals surface area contributed by atoms with Gasteiger partial charge in [0.25, 0.3) is 17.8 Å². The summed E-state index contributed by atoms with van der Waals surface area (Å²) in [4.78, 5) is 20.6. The van der Waals surface area contributed by atoms with Gasteiger partial charge in [-0.05, 0) is 0 Å². The molecule has 0 saturated carbocycles. The summed E-state index contributed by atoms with van der Waals surface area (Å²) in [7, 11) is 0. The third-order valence-electron chi connectivity index (χ3n) is 0.785. The third kappa shape index (κ3) is 8.28. The van der Waals surface area contributed by atoms with Crippen LogP contribution in [0.25, 0.3) is 0 Å². The molecule has 0 bridgehead atoms. The average Bonchev–Trinajstić information content (AvgIpc) is 1.95. The molecule has 0 radical (unpaired) electrons. The number of hydrogen-bond donors (Lipinski definition) is 5. The number of hydrogen-bond acceptors (Lipinski definition) is 5. The monoisotopic (exact) mass is 188 g/mol. The number of rotatable bonds is 2. The Labute approximate surface area is 73.2 Å². The summed E-state index contributed by atoms with van der Waals surface area (Å²) >= 11 is 0. The van der Waals surface area contributed by atoms with Crippen molar-refractivity contribution in [3.8, 4) is 11.8 Å². The largest absolute Gasteiger partial charge is 0.359 e. The molecule has 0 unspecified atom stereocenters. The van der Waals surface area contributed by atoms with Crippen LogP contribution >= 0.6 is 0 Å². The van der Waals surface area contributed by atoms with Gasteiger partial charge in [-0.3, -0.25) is 9.59 Å². The predicted octanol–water partition coefficient (Wildman–Crippen LogP) is -3.78. The van der Waals surface area contributed by atoms with Crippen LogP contribution in [0.3, 0.4) is 0 Å². The van der Waals surface area contributed by atoms with E-state index in [2.05, 4.69) is 5.73 Å². The van der Waals surface area contributed by atoms with Crippen LogP contribution in [-0.4, -0.2) is 39.7 Å². The highest BCUT2D eigenvalue weighted by atomic mass is 16.7. The highest BCUT2D eigenvalue weighted by molar-refractivity contribution is 6.02. The van der Waals surface area contributed by atoms with Gasteiger partial charge in [-0.15, -0.1) is 0 Å². The molecule has 7 heteroatoms. The first-order chi connectivity index (χ1) is 5.81. The Morgan fingerprint density at radius 3 is 2.23 bits per heavy atom. The Bertz CT molecular complexity index is 269. The number of aliphatic hydroxyl groups is 3. The van der Waals surface area contributed by atoms with Gasteiger partial charge in [0.05, 0.1) is 6.54 Å². The van der Waals surface area contributed by atoms with Crippen molar-refractivity contribution in [3.05, 3.63) is 0 Å². The fraction of sp³-hybridized carbons (Fsp3) is 0.333. The van der Waals surface area contributed by atoms with E-state index < -0.39 is 24.3 Å². The van der Waals surface area contributed by atoms with Crippen molar-refractivity contribution in [2.75, 3.05) is 6.54 Å². The molecule has 0 rings (SSSR count). The molecule has 0 aromatic heterocycles. The van der Waals surface area contributed by atoms with Gasteiger partial charge in [-0.25, -0.2) is 0 Å². The van der Waals surface area contributed by atoms with E-state index in [0.29, 0.717) is 0 Å². The van der Waals surface area contributed by atoms with Crippen LogP contribution in [-0.2, 0) is 9.59 Å². The molecule has 72 valence electrons. The Morgan fingerprint density at radius 1 is 1.31 bits per heavy atom. The lowest BCUT2D eigenvalue weighted by atomic mass is 10.5. The molecule has 6 N–H and O–H groups in total. The Kier molecular flexibility index (Phi) is 3.87. The van der Waals surface area contributed by atoms with E-state index in [-0.39, 0.29) is 0 Å². The standard InChI is InChI=1S/C6H8N2O5/c7-4(9)1-2-5(10)8-3-6(11,12)13/h11-13H,3H2,(H2,7,9)(H,8,10). The predicted molar refractivity (Wildman–Crippen MR) is 39.4 cm³/mol. The van der Waals surface area contributed by atoms with Crippen LogP contribution in [0, 0.1) is 11.8 Å². The topological polar surface area (TPSA) is 133 Å². The van der Waals surface area contributed by atoms with Crippen LogP contribution in [0.5, 0.6) is 0 Å². The normalized spacial score (nSPS) is 9.77. The van der Waals surface area contributed by atoms with Crippen molar-refractivity contribution in [2.24, 2.45) is 5.73 Å². The van der Waals surface area contributed by atoms with E-state index in [0.717, 1.165) is 0 Å². The number of carbonyl (C=O) groups is 2. The minimum absolute atomic E-state index is 0.820. The highest BCUT2D eigenvalue weighted by Gasteiger charge is 2.18. The molecule has 0 aromatic carbocycles. The van der Waals surface area contributed by atoms with Gasteiger partial charge in [0.15, 0.2) is 0 Å². The molecule has 0 heterocycles. The first-order valence-electron chi connectivity index (χ1n) is 3.07. The van der Waals surface area contributed by atoms with Crippen molar-refractivity contribution in [1.82, 2.24) is 5.32 Å². The fourth-order valence-electron chi connectivity index (χ4n) is 0.361. The van der Waals surface area contributed by atoms with Crippen LogP contribution in [0.15, 0.2) is 0 Å². The minimum Gasteiger partial charge on any atom is -0.359 e. The SMILES string of the molecule is NC(=O)C#CC(=O)NCC(O)(O)O. The van der Waals surface area contributed by atoms with Gasteiger partial charge >= 0.3 is 0 Å². The van der Waals surface area contributed by atoms with Gasteiger partial charge < -0.3 is 26.4 Å². The van der Waals surface area contributed by atoms with Gasteiger partial charge in [-0.1, -0.05) is 0 Å². The van der Waals surface area contributed by atoms with Crippen molar-refractivity contribution in [2.45, 2.75) is 5.97 Å². The minimum atomic E-state index is -3.00. The molecule has 0 aliphatic carbocycles. The second-order valence-corrected chi connectivity index (χ2v) is 2.07. The zero-order valence-corrected chi connectivity index (χ0v) is 6.44. The zero-order chi connectivity index (χ0) is 10.5. The molecule has 13 heavy (non-hydrogen) atoms. The van der Waals surface area contributed by atoms with Gasteiger partial charge in [0.2, 0.25) is 0 Å². The second-order valence-electron chi connectivity index (χ2n) is 2.07. The van der Waals surface area contributed by atoms with Crippen molar-refractivity contribution >= 4 is 11.8 Å². The summed E-state index contributed by atoms with van der Waals surface area (Å²) in [6.07, 6.45) is 0. The molecular weight excluding hydrogens is 180 g/mol. The summed E-state index contributed by atoms with van der Waals surface area (Å²) in [6.45, 7) is -0.820. The van der Waals surface area contributed by atoms with E-state index in [1.165, 1.54) is 0 Å². The van der Waals surface area contributed by atoms with Crippen molar-refractivity contribution in [3.63, 3.8) is 0 Å². The van der Waals surface area contributed by atoms with E-state index >= 15 is 0 Å². The number of carbonyl (C=O) groups excluding carboxylic acids is 2. The first kappa shape index (κ1) is 11.4. The Balaban J connectivity index is 3.93. The molecular formula is C6H8N2O5. The maximum Gasteiger partial charge on any atom is 0.296 e. The highest BCUT2D eigenvalue weighted by Crippen LogP contribution is 1.86. The molecule has 0 aliphatic heterocycles. The first-order valence-corrected chi connectivity index (χ1v) is 3.07. The summed E-state index contributed by atoms with van der Waals surface area (Å²) < 4.78 is 0. The van der Waals surface area contributed by atoms with Crippen molar-refractivity contribution < 1.29 is 24.9 Å². The summed E-state index contributed by atoms with van der Waals surface area (Å²) in [5, 5.41) is 26.7. The zero-order valence-electron chi connectivity index (χ0n) is 6.44. The summed E-state index contributed by atoms with van der Waals surface area (Å²) in [6, 6.07) is 0. The Morgan fingerprint density at radius 2 is 1.85 bits per heavy atom. The maximum absolute atomic E-state index is 10.6. The van der Waals surface area contributed by atoms with E-state index in [4.69, 9.17) is 15.3 Å². The second kappa shape index (κ2) is 4.42. The molecule has 0 fully saturated rings. The lowest BCUT2D eigenvalue weighted by molar-refractivity contribution is -0.305. The number of amides is 2. The van der Waals surface area contributed by atoms with E-state index in [9.17, 15) is 9.59 Å². The fourth-order valence-corrected chi connectivity index (χ4v) is 0.361. The molecule has 2 amide bonds. The van der Waals surface area contributed by atoms with E-state index in [1.807, 2.05) is 5.32 Å². The number of nitrogens with two attached hydrogens (primary N) is 1. The van der Waals surface area contributed by atoms with Gasteiger partial charge in [0, 0.05) is 11.8 Å². The van der Waals surface area contributed by atoms with Crippen molar-refractivity contribution in [1.29, 1.82) is 0 Å². The molecule has 0 spiro atoms. The van der Waals surface area contributed by atoms with Crippen LogP contribution in [0.1, 0.15) is 0 Å². The summed E-state index contributed by atoms with van der Waals surface area (Å²) in [5.41, 5.74) is 4.58.